The molecule has 0 radical (unpaired) electrons. The smallest absolute Gasteiger partial charge is 0.310 e. The average molecular weight is 360 g/mol. The zero-order valence-corrected chi connectivity index (χ0v) is 16.2. The van der Waals surface area contributed by atoms with Crippen molar-refractivity contribution in [3.8, 4) is 5.75 Å². The van der Waals surface area contributed by atoms with Gasteiger partial charge in [-0.3, -0.25) is 14.6 Å². The van der Waals surface area contributed by atoms with Crippen LogP contribution in [0.15, 0.2) is 18.2 Å². The van der Waals surface area contributed by atoms with Crippen LogP contribution in [0, 0.1) is 5.41 Å². The minimum Gasteiger partial charge on any atom is -0.496 e. The van der Waals surface area contributed by atoms with E-state index in [4.69, 9.17) is 4.74 Å². The van der Waals surface area contributed by atoms with Gasteiger partial charge in [0, 0.05) is 25.2 Å². The van der Waals surface area contributed by atoms with Gasteiger partial charge in [0.15, 0.2) is 0 Å². The number of piperidine rings is 1. The highest BCUT2D eigenvalue weighted by Gasteiger charge is 2.40. The molecule has 1 aromatic carbocycles. The topological polar surface area (TPSA) is 53.0 Å². The van der Waals surface area contributed by atoms with Gasteiger partial charge in [0.05, 0.1) is 12.5 Å². The molecule has 5 heteroatoms. The number of rotatable bonds is 7. The molecule has 1 aromatic rings. The Balaban J connectivity index is 1.71. The fraction of sp³-hybridized carbons (Fsp3) is 0.667. The lowest BCUT2D eigenvalue weighted by Crippen LogP contribution is -2.47. The largest absolute Gasteiger partial charge is 0.496 e. The average Bonchev–Trinajstić information content (AvgIpc) is 3.15. The molecule has 0 aromatic heterocycles. The molecule has 0 amide bonds. The zero-order chi connectivity index (χ0) is 18.6. The second-order valence-electron chi connectivity index (χ2n) is 7.88. The van der Waals surface area contributed by atoms with Gasteiger partial charge < -0.3 is 9.84 Å². The van der Waals surface area contributed by atoms with Crippen molar-refractivity contribution >= 4 is 5.97 Å². The molecule has 1 N–H and O–H groups in total. The van der Waals surface area contributed by atoms with Gasteiger partial charge >= 0.3 is 5.97 Å². The van der Waals surface area contributed by atoms with Crippen molar-refractivity contribution in [2.24, 2.45) is 5.41 Å². The summed E-state index contributed by atoms with van der Waals surface area (Å²) in [4.78, 5) is 16.6. The quantitative estimate of drug-likeness (QED) is 0.808. The number of methoxy groups -OCH3 is 1. The highest BCUT2D eigenvalue weighted by Crippen LogP contribution is 2.34. The van der Waals surface area contributed by atoms with Crippen LogP contribution in [0.5, 0.6) is 5.75 Å². The maximum absolute atomic E-state index is 11.8. The van der Waals surface area contributed by atoms with E-state index in [0.29, 0.717) is 13.0 Å². The number of carboxylic acid groups (broad SMARTS) is 1. The first-order chi connectivity index (χ1) is 12.6. The molecule has 0 spiro atoms. The number of ether oxygens (including phenoxy) is 1. The third-order valence-electron chi connectivity index (χ3n) is 6.13. The molecule has 26 heavy (non-hydrogen) atoms. The lowest BCUT2D eigenvalue weighted by Gasteiger charge is -2.39. The van der Waals surface area contributed by atoms with E-state index >= 15 is 0 Å². The van der Waals surface area contributed by atoms with E-state index in [1.165, 1.54) is 24.0 Å². The van der Waals surface area contributed by atoms with Crippen LogP contribution in [0.25, 0.3) is 0 Å². The summed E-state index contributed by atoms with van der Waals surface area (Å²) in [6.07, 6.45) is 5.00. The van der Waals surface area contributed by atoms with Crippen molar-refractivity contribution in [1.29, 1.82) is 0 Å². The Morgan fingerprint density at radius 2 is 1.88 bits per heavy atom. The number of likely N-dealkylation sites (tertiary alicyclic amines) is 2. The lowest BCUT2D eigenvalue weighted by atomic mass is 9.77. The Morgan fingerprint density at radius 1 is 1.15 bits per heavy atom. The number of hydrogen-bond donors (Lipinski definition) is 1. The first-order valence-corrected chi connectivity index (χ1v) is 9.90. The molecule has 5 nitrogen and oxygen atoms in total. The Hall–Kier alpha value is -1.59. The zero-order valence-electron chi connectivity index (χ0n) is 16.2. The van der Waals surface area contributed by atoms with Crippen LogP contribution in [0.4, 0.5) is 0 Å². The first kappa shape index (κ1) is 19.2. The Labute approximate surface area is 156 Å². The van der Waals surface area contributed by atoms with Crippen LogP contribution >= 0.6 is 0 Å². The molecular weight excluding hydrogens is 328 g/mol. The maximum atomic E-state index is 11.8. The third kappa shape index (κ3) is 4.21. The molecular formula is C21H32N2O3. The predicted molar refractivity (Wildman–Crippen MR) is 102 cm³/mol. The summed E-state index contributed by atoms with van der Waals surface area (Å²) in [7, 11) is 1.73. The van der Waals surface area contributed by atoms with Gasteiger partial charge in [-0.25, -0.2) is 0 Å². The molecule has 1 atom stereocenters. The van der Waals surface area contributed by atoms with Crippen LogP contribution in [-0.2, 0) is 17.9 Å². The van der Waals surface area contributed by atoms with Crippen molar-refractivity contribution in [2.75, 3.05) is 33.3 Å². The van der Waals surface area contributed by atoms with Crippen molar-refractivity contribution in [3.63, 3.8) is 0 Å². The Bertz CT molecular complexity index is 628. The summed E-state index contributed by atoms with van der Waals surface area (Å²) < 4.78 is 5.56. The summed E-state index contributed by atoms with van der Waals surface area (Å²) in [6.45, 7) is 7.69. The summed E-state index contributed by atoms with van der Waals surface area (Å²) >= 11 is 0. The lowest BCUT2D eigenvalue weighted by molar-refractivity contribution is -0.153. The second kappa shape index (κ2) is 8.40. The van der Waals surface area contributed by atoms with E-state index in [1.54, 1.807) is 7.11 Å². The van der Waals surface area contributed by atoms with Crippen LogP contribution in [0.1, 0.15) is 50.2 Å². The minimum atomic E-state index is -0.644. The SMILES string of the molecule is CC[C@]1(C(=O)O)CCCN(Cc2ccc(OC)c(CN3CCCC3)c2)C1. The summed E-state index contributed by atoms with van der Waals surface area (Å²) in [5.74, 6) is 0.307. The van der Waals surface area contributed by atoms with Crippen molar-refractivity contribution < 1.29 is 14.6 Å². The Kier molecular flexibility index (Phi) is 6.20. The van der Waals surface area contributed by atoms with Gasteiger partial charge in [0.25, 0.3) is 0 Å². The van der Waals surface area contributed by atoms with Gasteiger partial charge in [-0.05, 0) is 69.4 Å². The van der Waals surface area contributed by atoms with Gasteiger partial charge in [-0.2, -0.15) is 0 Å². The molecule has 2 aliphatic rings. The van der Waals surface area contributed by atoms with E-state index in [2.05, 4.69) is 28.0 Å². The van der Waals surface area contributed by atoms with Crippen molar-refractivity contribution in [1.82, 2.24) is 9.80 Å². The number of hydrogen-bond acceptors (Lipinski definition) is 4. The van der Waals surface area contributed by atoms with Gasteiger partial charge in [-0.1, -0.05) is 13.0 Å². The fourth-order valence-electron chi connectivity index (χ4n) is 4.47. The van der Waals surface area contributed by atoms with Gasteiger partial charge in [0.2, 0.25) is 0 Å². The van der Waals surface area contributed by atoms with E-state index < -0.39 is 11.4 Å². The number of aliphatic carboxylic acids is 1. The highest BCUT2D eigenvalue weighted by molar-refractivity contribution is 5.75. The van der Waals surface area contributed by atoms with Gasteiger partial charge in [0.1, 0.15) is 5.75 Å². The second-order valence-corrected chi connectivity index (χ2v) is 7.88. The van der Waals surface area contributed by atoms with Crippen LogP contribution < -0.4 is 4.74 Å². The number of nitrogens with zero attached hydrogens (tertiary/aromatic N) is 2. The van der Waals surface area contributed by atoms with Crippen molar-refractivity contribution in [3.05, 3.63) is 29.3 Å². The normalized spacial score (nSPS) is 24.7. The monoisotopic (exact) mass is 360 g/mol. The summed E-state index contributed by atoms with van der Waals surface area (Å²) in [6, 6.07) is 6.43. The van der Waals surface area contributed by atoms with E-state index in [1.807, 2.05) is 6.92 Å². The Morgan fingerprint density at radius 3 is 2.54 bits per heavy atom. The van der Waals surface area contributed by atoms with E-state index in [0.717, 1.165) is 51.3 Å². The molecule has 2 saturated heterocycles. The number of carboxylic acids is 1. The predicted octanol–water partition coefficient (Wildman–Crippen LogP) is 3.37. The molecule has 0 aliphatic carbocycles. The van der Waals surface area contributed by atoms with E-state index in [9.17, 15) is 9.90 Å². The molecule has 0 bridgehead atoms. The standard InChI is InChI=1S/C21H32N2O3/c1-3-21(20(24)25)9-6-12-23(16-21)14-17-7-8-19(26-2)18(13-17)15-22-10-4-5-11-22/h7-8,13H,3-6,9-12,14-16H2,1-2H3,(H,24,25)/t21-/m0/s1. The molecule has 0 unspecified atom stereocenters. The summed E-state index contributed by atoms with van der Waals surface area (Å²) in [5.41, 5.74) is 1.91. The maximum Gasteiger partial charge on any atom is 0.310 e. The number of carbonyl (C=O) groups is 1. The highest BCUT2D eigenvalue weighted by atomic mass is 16.5. The van der Waals surface area contributed by atoms with E-state index in [-0.39, 0.29) is 0 Å². The molecule has 3 rings (SSSR count). The molecule has 2 heterocycles. The molecule has 2 fully saturated rings. The number of benzene rings is 1. The minimum absolute atomic E-state index is 0.580. The molecule has 144 valence electrons. The molecule has 0 saturated carbocycles. The van der Waals surface area contributed by atoms with Crippen molar-refractivity contribution in [2.45, 2.75) is 52.1 Å². The van der Waals surface area contributed by atoms with Crippen LogP contribution in [0.2, 0.25) is 0 Å². The van der Waals surface area contributed by atoms with Crippen LogP contribution in [0.3, 0.4) is 0 Å². The first-order valence-electron chi connectivity index (χ1n) is 9.90. The van der Waals surface area contributed by atoms with Crippen LogP contribution in [-0.4, -0.2) is 54.2 Å². The fourth-order valence-corrected chi connectivity index (χ4v) is 4.47. The van der Waals surface area contributed by atoms with Gasteiger partial charge in [-0.15, -0.1) is 0 Å². The molecule has 2 aliphatic heterocycles. The summed E-state index contributed by atoms with van der Waals surface area (Å²) in [5, 5.41) is 9.70. The third-order valence-corrected chi connectivity index (χ3v) is 6.13.